The number of aromatic nitrogens is 3. The highest BCUT2D eigenvalue weighted by Crippen LogP contribution is 2.41. The van der Waals surface area contributed by atoms with Gasteiger partial charge in [0.25, 0.3) is 5.91 Å². The Morgan fingerprint density at radius 1 is 1.14 bits per heavy atom. The van der Waals surface area contributed by atoms with Gasteiger partial charge in [0, 0.05) is 24.8 Å². The first kappa shape index (κ1) is 14.8. The molecule has 2 heterocycles. The largest absolute Gasteiger partial charge is 0.411 e. The van der Waals surface area contributed by atoms with Gasteiger partial charge in [-0.15, -0.1) is 0 Å². The van der Waals surface area contributed by atoms with Crippen molar-refractivity contribution < 1.29 is 18.0 Å². The lowest BCUT2D eigenvalue weighted by molar-refractivity contribution is -0.201. The van der Waals surface area contributed by atoms with Crippen molar-refractivity contribution in [3.05, 3.63) is 30.5 Å². The monoisotopic (exact) mass is 312 g/mol. The molecule has 0 aromatic carbocycles. The minimum atomic E-state index is -4.48. The highest BCUT2D eigenvalue weighted by molar-refractivity contribution is 5.98. The lowest BCUT2D eigenvalue weighted by Gasteiger charge is -2.39. The van der Waals surface area contributed by atoms with Gasteiger partial charge in [0.1, 0.15) is 5.54 Å². The number of amides is 1. The number of rotatable bonds is 2. The predicted molar refractivity (Wildman–Crippen MR) is 72.3 cm³/mol. The summed E-state index contributed by atoms with van der Waals surface area (Å²) in [4.78, 5) is 20.2. The van der Waals surface area contributed by atoms with E-state index in [1.54, 1.807) is 16.8 Å². The number of carbonyl (C=O) groups is 1. The molecule has 1 fully saturated rings. The van der Waals surface area contributed by atoms with Crippen LogP contribution in [0.1, 0.15) is 42.6 Å². The highest BCUT2D eigenvalue weighted by atomic mass is 19.4. The van der Waals surface area contributed by atoms with Gasteiger partial charge in [0.15, 0.2) is 11.3 Å². The molecule has 0 bridgehead atoms. The standard InChI is InChI=1S/C14H15F3N4O/c15-14(16,17)13(4-2-1-3-5-13)20-12(22)10-11-19-7-9-21(11)8-6-18-10/h6-9H,1-5H2,(H,20,22). The predicted octanol–water partition coefficient (Wildman–Crippen LogP) is 2.72. The van der Waals surface area contributed by atoms with Crippen LogP contribution in [0.3, 0.4) is 0 Å². The van der Waals surface area contributed by atoms with E-state index in [-0.39, 0.29) is 24.2 Å². The first-order valence-electron chi connectivity index (χ1n) is 7.10. The van der Waals surface area contributed by atoms with Crippen LogP contribution >= 0.6 is 0 Å². The average molecular weight is 312 g/mol. The normalized spacial score (nSPS) is 18.3. The zero-order valence-electron chi connectivity index (χ0n) is 11.7. The molecule has 0 radical (unpaired) electrons. The van der Waals surface area contributed by atoms with Gasteiger partial charge in [-0.1, -0.05) is 19.3 Å². The second kappa shape index (κ2) is 5.26. The van der Waals surface area contributed by atoms with Gasteiger partial charge >= 0.3 is 6.18 Å². The van der Waals surface area contributed by atoms with E-state index in [0.29, 0.717) is 12.8 Å². The second-order valence-electron chi connectivity index (χ2n) is 5.53. The van der Waals surface area contributed by atoms with Crippen molar-refractivity contribution in [1.82, 2.24) is 19.7 Å². The van der Waals surface area contributed by atoms with Crippen molar-refractivity contribution in [3.63, 3.8) is 0 Å². The Morgan fingerprint density at radius 2 is 1.77 bits per heavy atom. The Kier molecular flexibility index (Phi) is 3.54. The minimum Gasteiger partial charge on any atom is -0.336 e. The van der Waals surface area contributed by atoms with Gasteiger partial charge in [-0.2, -0.15) is 13.2 Å². The number of nitrogens with one attached hydrogen (secondary N) is 1. The molecule has 1 aliphatic rings. The van der Waals surface area contributed by atoms with Crippen molar-refractivity contribution in [3.8, 4) is 0 Å². The van der Waals surface area contributed by atoms with E-state index >= 15 is 0 Å². The number of carbonyl (C=O) groups excluding carboxylic acids is 1. The summed E-state index contributed by atoms with van der Waals surface area (Å²) in [6.07, 6.45) is 2.98. The molecule has 0 unspecified atom stereocenters. The number of alkyl halides is 3. The van der Waals surface area contributed by atoms with Crippen LogP contribution in [0.15, 0.2) is 24.8 Å². The molecule has 5 nitrogen and oxygen atoms in total. The SMILES string of the molecule is O=C(NC1(C(F)(F)F)CCCCC1)c1nccn2ccnc12. The molecule has 1 saturated carbocycles. The minimum absolute atomic E-state index is 0.0956. The molecule has 1 amide bonds. The summed E-state index contributed by atoms with van der Waals surface area (Å²) in [5, 5.41) is 2.19. The van der Waals surface area contributed by atoms with Crippen molar-refractivity contribution in [1.29, 1.82) is 0 Å². The summed E-state index contributed by atoms with van der Waals surface area (Å²) in [7, 11) is 0. The van der Waals surface area contributed by atoms with E-state index in [4.69, 9.17) is 0 Å². The molecule has 8 heteroatoms. The fourth-order valence-corrected chi connectivity index (χ4v) is 2.93. The fourth-order valence-electron chi connectivity index (χ4n) is 2.93. The summed E-state index contributed by atoms with van der Waals surface area (Å²) in [5.74, 6) is -0.837. The van der Waals surface area contributed by atoms with Crippen LogP contribution in [0.25, 0.3) is 5.65 Å². The molecule has 1 aliphatic carbocycles. The van der Waals surface area contributed by atoms with E-state index in [1.165, 1.54) is 12.4 Å². The van der Waals surface area contributed by atoms with E-state index in [1.807, 2.05) is 0 Å². The van der Waals surface area contributed by atoms with E-state index in [9.17, 15) is 18.0 Å². The zero-order valence-corrected chi connectivity index (χ0v) is 11.7. The highest BCUT2D eigenvalue weighted by Gasteiger charge is 2.55. The molecular formula is C14H15F3N4O. The van der Waals surface area contributed by atoms with Crippen LogP contribution < -0.4 is 5.32 Å². The Hall–Kier alpha value is -2.12. The molecule has 0 spiro atoms. The zero-order chi connectivity index (χ0) is 15.8. The third-order valence-corrected chi connectivity index (χ3v) is 4.13. The van der Waals surface area contributed by atoms with Crippen LogP contribution in [0.5, 0.6) is 0 Å². The van der Waals surface area contributed by atoms with E-state index < -0.39 is 17.6 Å². The number of hydrogen-bond donors (Lipinski definition) is 1. The summed E-state index contributed by atoms with van der Waals surface area (Å²) in [6.45, 7) is 0. The Labute approximate surface area is 124 Å². The van der Waals surface area contributed by atoms with Crippen molar-refractivity contribution in [2.75, 3.05) is 0 Å². The van der Waals surface area contributed by atoms with Crippen LogP contribution in [0.2, 0.25) is 0 Å². The maximum atomic E-state index is 13.5. The number of hydrogen-bond acceptors (Lipinski definition) is 3. The second-order valence-corrected chi connectivity index (χ2v) is 5.53. The molecule has 22 heavy (non-hydrogen) atoms. The molecule has 2 aromatic rings. The van der Waals surface area contributed by atoms with Gasteiger partial charge in [-0.25, -0.2) is 9.97 Å². The van der Waals surface area contributed by atoms with Gasteiger partial charge < -0.3 is 9.72 Å². The quantitative estimate of drug-likeness (QED) is 0.927. The van der Waals surface area contributed by atoms with E-state index in [2.05, 4.69) is 15.3 Å². The third-order valence-electron chi connectivity index (χ3n) is 4.13. The molecule has 3 rings (SSSR count). The van der Waals surface area contributed by atoms with Gasteiger partial charge in [-0.05, 0) is 12.8 Å². The Morgan fingerprint density at radius 3 is 2.41 bits per heavy atom. The number of fused-ring (bicyclic) bond motifs is 1. The van der Waals surface area contributed by atoms with Crippen LogP contribution in [0, 0.1) is 0 Å². The summed E-state index contributed by atoms with van der Waals surface area (Å²) in [5.41, 5.74) is -2.02. The summed E-state index contributed by atoms with van der Waals surface area (Å²) < 4.78 is 42.0. The number of nitrogens with zero attached hydrogens (tertiary/aromatic N) is 3. The van der Waals surface area contributed by atoms with Crippen molar-refractivity contribution in [2.24, 2.45) is 0 Å². The van der Waals surface area contributed by atoms with E-state index in [0.717, 1.165) is 6.42 Å². The lowest BCUT2D eigenvalue weighted by Crippen LogP contribution is -2.59. The Balaban J connectivity index is 1.93. The third kappa shape index (κ3) is 2.42. The molecule has 118 valence electrons. The van der Waals surface area contributed by atoms with Gasteiger partial charge in [0.05, 0.1) is 0 Å². The lowest BCUT2D eigenvalue weighted by atomic mass is 9.81. The molecule has 0 atom stereocenters. The molecule has 0 aliphatic heterocycles. The molecule has 0 saturated heterocycles. The maximum absolute atomic E-state index is 13.5. The van der Waals surface area contributed by atoms with Gasteiger partial charge in [-0.3, -0.25) is 4.79 Å². The molecule has 1 N–H and O–H groups in total. The topological polar surface area (TPSA) is 59.3 Å². The smallest absolute Gasteiger partial charge is 0.336 e. The average Bonchev–Trinajstić information content (AvgIpc) is 2.95. The first-order chi connectivity index (χ1) is 10.4. The Bertz CT molecular complexity index is 689. The van der Waals surface area contributed by atoms with Crippen molar-refractivity contribution >= 4 is 11.6 Å². The van der Waals surface area contributed by atoms with Crippen molar-refractivity contribution in [2.45, 2.75) is 43.8 Å². The maximum Gasteiger partial charge on any atom is 0.411 e. The summed E-state index contributed by atoms with van der Waals surface area (Å²) in [6, 6.07) is 0. The fraction of sp³-hybridized carbons (Fsp3) is 0.500. The van der Waals surface area contributed by atoms with Crippen LogP contribution in [0.4, 0.5) is 13.2 Å². The molecule has 2 aromatic heterocycles. The van der Waals surface area contributed by atoms with Crippen LogP contribution in [-0.2, 0) is 0 Å². The number of halogens is 3. The number of imidazole rings is 1. The first-order valence-corrected chi connectivity index (χ1v) is 7.10. The van der Waals surface area contributed by atoms with Gasteiger partial charge in [0.2, 0.25) is 0 Å². The summed E-state index contributed by atoms with van der Waals surface area (Å²) >= 11 is 0. The van der Waals surface area contributed by atoms with Crippen LogP contribution in [-0.4, -0.2) is 32.0 Å². The molecular weight excluding hydrogens is 297 g/mol.